The van der Waals surface area contributed by atoms with Gasteiger partial charge in [0.15, 0.2) is 5.13 Å². The summed E-state index contributed by atoms with van der Waals surface area (Å²) in [6.07, 6.45) is 1.59. The first kappa shape index (κ1) is 24.4. The first-order valence-corrected chi connectivity index (χ1v) is 12.7. The molecule has 4 rings (SSSR count). The van der Waals surface area contributed by atoms with E-state index in [9.17, 15) is 4.79 Å². The van der Waals surface area contributed by atoms with Gasteiger partial charge >= 0.3 is 0 Å². The smallest absolute Gasteiger partial charge is 0.267 e. The highest BCUT2D eigenvalue weighted by atomic mass is 35.5. The number of quaternary nitrogens is 1. The molecule has 0 radical (unpaired) electrons. The van der Waals surface area contributed by atoms with Crippen molar-refractivity contribution in [2.75, 3.05) is 55.3 Å². The van der Waals surface area contributed by atoms with E-state index in [1.807, 2.05) is 26.0 Å². The van der Waals surface area contributed by atoms with Crippen LogP contribution in [0.2, 0.25) is 5.02 Å². The molecule has 3 heterocycles. The molecule has 0 saturated carbocycles. The quantitative estimate of drug-likeness (QED) is 0.444. The molecule has 0 spiro atoms. The third kappa shape index (κ3) is 5.19. The summed E-state index contributed by atoms with van der Waals surface area (Å²) < 4.78 is 1.10. The van der Waals surface area contributed by atoms with Gasteiger partial charge in [-0.15, -0.1) is 0 Å². The van der Waals surface area contributed by atoms with Crippen molar-refractivity contribution in [1.82, 2.24) is 9.97 Å². The van der Waals surface area contributed by atoms with Crippen LogP contribution >= 0.6 is 22.9 Å². The highest BCUT2D eigenvalue weighted by molar-refractivity contribution is 7.17. The Morgan fingerprint density at radius 2 is 1.97 bits per heavy atom. The average molecular weight is 500 g/mol. The molecule has 7 nitrogen and oxygen atoms in total. The first-order chi connectivity index (χ1) is 16.2. The number of nitrogens with one attached hydrogen (secondary N) is 2. The Morgan fingerprint density at radius 3 is 2.65 bits per heavy atom. The molecule has 180 valence electrons. The minimum atomic E-state index is -0.226. The number of thiazole rings is 1. The second kappa shape index (κ2) is 9.90. The van der Waals surface area contributed by atoms with Crippen LogP contribution in [-0.4, -0.2) is 60.1 Å². The number of carbonyl (C=O) groups is 1. The average Bonchev–Trinajstić information content (AvgIpc) is 3.28. The summed E-state index contributed by atoms with van der Waals surface area (Å²) in [6, 6.07) is 7.64. The van der Waals surface area contributed by atoms with Crippen LogP contribution < -0.4 is 15.5 Å². The van der Waals surface area contributed by atoms with Gasteiger partial charge in [0.25, 0.3) is 5.91 Å². The molecule has 0 bridgehead atoms. The lowest BCUT2D eigenvalue weighted by molar-refractivity contribution is -0.908. The summed E-state index contributed by atoms with van der Waals surface area (Å²) >= 11 is 7.57. The number of anilines is 4. The highest BCUT2D eigenvalue weighted by Gasteiger charge is 2.28. The molecule has 0 unspecified atom stereocenters. The van der Waals surface area contributed by atoms with E-state index in [0.717, 1.165) is 65.5 Å². The third-order valence-electron chi connectivity index (χ3n) is 6.84. The Balaban J connectivity index is 1.50. The zero-order valence-electron chi connectivity index (χ0n) is 20.4. The van der Waals surface area contributed by atoms with Crippen LogP contribution in [0.5, 0.6) is 0 Å². The summed E-state index contributed by atoms with van der Waals surface area (Å²) in [5.41, 5.74) is 4.56. The van der Waals surface area contributed by atoms with Gasteiger partial charge in [0.2, 0.25) is 0 Å². The van der Waals surface area contributed by atoms with Crippen molar-refractivity contribution < 1.29 is 9.28 Å². The lowest BCUT2D eigenvalue weighted by Crippen LogP contribution is -2.57. The molecule has 0 atom stereocenters. The fourth-order valence-corrected chi connectivity index (χ4v) is 5.02. The lowest BCUT2D eigenvalue weighted by Gasteiger charge is -2.42. The van der Waals surface area contributed by atoms with Crippen molar-refractivity contribution in [2.45, 2.75) is 27.7 Å². The minimum Gasteiger partial charge on any atom is -0.345 e. The Kier molecular flexibility index (Phi) is 7.12. The molecule has 1 saturated heterocycles. The standard InChI is InChI=1S/C25H31ClN6OS/c1-6-32(5)12-10-31(11-13-32)22-14-20(17(3)18(4)28-22)29-25-27-15-21(34-25)24(33)30-23-16(2)8-7-9-19(23)26/h7-9,14-15H,6,10-13H2,1-5H3,(H-,27,28,29,30,33)/p+1. The molecule has 2 aromatic heterocycles. The monoisotopic (exact) mass is 499 g/mol. The van der Waals surface area contributed by atoms with Crippen molar-refractivity contribution in [2.24, 2.45) is 0 Å². The van der Waals surface area contributed by atoms with E-state index in [-0.39, 0.29) is 5.91 Å². The molecule has 1 aromatic carbocycles. The molecule has 3 aromatic rings. The number of nitrogens with zero attached hydrogens (tertiary/aromatic N) is 4. The number of amides is 1. The normalized spacial score (nSPS) is 15.3. The number of benzene rings is 1. The summed E-state index contributed by atoms with van der Waals surface area (Å²) in [7, 11) is 2.32. The molecular formula is C25H32ClN6OS+. The summed E-state index contributed by atoms with van der Waals surface area (Å²) in [6.45, 7) is 13.6. The van der Waals surface area contributed by atoms with Gasteiger partial charge in [-0.25, -0.2) is 9.97 Å². The third-order valence-corrected chi connectivity index (χ3v) is 8.07. The van der Waals surface area contributed by atoms with E-state index in [1.54, 1.807) is 12.3 Å². The fourth-order valence-electron chi connectivity index (χ4n) is 4.02. The van der Waals surface area contributed by atoms with Crippen LogP contribution in [-0.2, 0) is 0 Å². The van der Waals surface area contributed by atoms with E-state index < -0.39 is 0 Å². The van der Waals surface area contributed by atoms with Gasteiger partial charge < -0.3 is 20.0 Å². The second-order valence-electron chi connectivity index (χ2n) is 9.15. The summed E-state index contributed by atoms with van der Waals surface area (Å²) in [5, 5.41) is 7.50. The predicted molar refractivity (Wildman–Crippen MR) is 142 cm³/mol. The number of rotatable bonds is 6. The topological polar surface area (TPSA) is 70.2 Å². The Labute approximate surface area is 210 Å². The van der Waals surface area contributed by atoms with E-state index in [0.29, 0.717) is 20.7 Å². The molecule has 1 fully saturated rings. The summed E-state index contributed by atoms with van der Waals surface area (Å²) in [5.74, 6) is 0.757. The van der Waals surface area contributed by atoms with Crippen molar-refractivity contribution >= 4 is 51.2 Å². The molecular weight excluding hydrogens is 468 g/mol. The number of hydrogen-bond acceptors (Lipinski definition) is 6. The van der Waals surface area contributed by atoms with Gasteiger partial charge in [0.05, 0.1) is 56.7 Å². The van der Waals surface area contributed by atoms with E-state index in [1.165, 1.54) is 11.3 Å². The number of para-hydroxylation sites is 1. The Bertz CT molecular complexity index is 1180. The van der Waals surface area contributed by atoms with Gasteiger partial charge in [-0.05, 0) is 44.9 Å². The maximum Gasteiger partial charge on any atom is 0.267 e. The van der Waals surface area contributed by atoms with Crippen LogP contribution in [0.4, 0.5) is 22.3 Å². The number of aromatic nitrogens is 2. The van der Waals surface area contributed by atoms with E-state index in [4.69, 9.17) is 16.6 Å². The minimum absolute atomic E-state index is 0.226. The van der Waals surface area contributed by atoms with Gasteiger partial charge in [0, 0.05) is 17.4 Å². The molecule has 0 aliphatic carbocycles. The van der Waals surface area contributed by atoms with Crippen molar-refractivity contribution in [3.8, 4) is 0 Å². The number of likely N-dealkylation sites (N-methyl/N-ethyl adjacent to an activating group) is 1. The lowest BCUT2D eigenvalue weighted by atomic mass is 10.1. The fraction of sp³-hybridized carbons (Fsp3) is 0.400. The zero-order valence-corrected chi connectivity index (χ0v) is 22.0. The molecule has 1 aliphatic rings. The van der Waals surface area contributed by atoms with Crippen molar-refractivity contribution in [3.05, 3.63) is 57.2 Å². The Morgan fingerprint density at radius 1 is 1.24 bits per heavy atom. The molecule has 1 amide bonds. The summed E-state index contributed by atoms with van der Waals surface area (Å²) in [4.78, 5) is 25.0. The van der Waals surface area contributed by atoms with Crippen molar-refractivity contribution in [1.29, 1.82) is 0 Å². The molecule has 1 aliphatic heterocycles. The largest absolute Gasteiger partial charge is 0.345 e. The number of aryl methyl sites for hydroxylation is 2. The van der Waals surface area contributed by atoms with Gasteiger partial charge in [-0.1, -0.05) is 35.1 Å². The Hall–Kier alpha value is -2.68. The van der Waals surface area contributed by atoms with Crippen LogP contribution in [0.1, 0.15) is 33.4 Å². The van der Waals surface area contributed by atoms with Crippen molar-refractivity contribution in [3.63, 3.8) is 0 Å². The molecule has 34 heavy (non-hydrogen) atoms. The predicted octanol–water partition coefficient (Wildman–Crippen LogP) is 5.40. The number of halogens is 1. The molecule has 2 N–H and O–H groups in total. The highest BCUT2D eigenvalue weighted by Crippen LogP contribution is 2.31. The molecule has 9 heteroatoms. The maximum absolute atomic E-state index is 12.8. The number of piperazine rings is 1. The number of carbonyl (C=O) groups excluding carboxylic acids is 1. The van der Waals surface area contributed by atoms with Gasteiger partial charge in [-0.2, -0.15) is 0 Å². The van der Waals surface area contributed by atoms with Crippen LogP contribution in [0.15, 0.2) is 30.5 Å². The second-order valence-corrected chi connectivity index (χ2v) is 10.6. The van der Waals surface area contributed by atoms with Crippen LogP contribution in [0.3, 0.4) is 0 Å². The number of hydrogen-bond donors (Lipinski definition) is 2. The SMILES string of the molecule is CC[N+]1(C)CCN(c2cc(Nc3ncc(C(=O)Nc4c(C)cccc4Cl)s3)c(C)c(C)n2)CC1. The van der Waals surface area contributed by atoms with Gasteiger partial charge in [-0.3, -0.25) is 4.79 Å². The van der Waals surface area contributed by atoms with Crippen LogP contribution in [0.25, 0.3) is 0 Å². The van der Waals surface area contributed by atoms with Gasteiger partial charge in [0.1, 0.15) is 10.7 Å². The zero-order chi connectivity index (χ0) is 24.5. The maximum atomic E-state index is 12.8. The van der Waals surface area contributed by atoms with E-state index in [2.05, 4.69) is 47.5 Å². The number of pyridine rings is 1. The van der Waals surface area contributed by atoms with E-state index >= 15 is 0 Å². The van der Waals surface area contributed by atoms with Crippen LogP contribution in [0, 0.1) is 20.8 Å². The first-order valence-electron chi connectivity index (χ1n) is 11.5.